The molecule has 0 radical (unpaired) electrons. The number of carbonyl (C=O) groups is 1. The summed E-state index contributed by atoms with van der Waals surface area (Å²) in [6.45, 7) is 5.05. The molecule has 4 aromatic rings. The van der Waals surface area contributed by atoms with E-state index in [-0.39, 0.29) is 5.91 Å². The zero-order chi connectivity index (χ0) is 24.9. The Labute approximate surface area is 220 Å². The third kappa shape index (κ3) is 5.57. The van der Waals surface area contributed by atoms with E-state index in [2.05, 4.69) is 31.5 Å². The first kappa shape index (κ1) is 24.4. The zero-order valence-corrected chi connectivity index (χ0v) is 21.3. The lowest BCUT2D eigenvalue weighted by molar-refractivity contribution is 0.0948. The minimum absolute atomic E-state index is 0.107. The van der Waals surface area contributed by atoms with Crippen molar-refractivity contribution in [2.45, 2.75) is 0 Å². The van der Waals surface area contributed by atoms with Gasteiger partial charge in [-0.15, -0.1) is 0 Å². The number of para-hydroxylation sites is 2. The van der Waals surface area contributed by atoms with E-state index in [0.717, 1.165) is 65.7 Å². The second kappa shape index (κ2) is 11.2. The van der Waals surface area contributed by atoms with Gasteiger partial charge in [0, 0.05) is 61.6 Å². The summed E-state index contributed by atoms with van der Waals surface area (Å²) in [5.41, 5.74) is 4.09. The summed E-state index contributed by atoms with van der Waals surface area (Å²) < 4.78 is 0. The molecule has 0 spiro atoms. The van der Waals surface area contributed by atoms with E-state index in [0.29, 0.717) is 17.1 Å². The maximum atomic E-state index is 13.1. The molecule has 2 N–H and O–H groups in total. The van der Waals surface area contributed by atoms with Gasteiger partial charge in [0.25, 0.3) is 5.91 Å². The largest absolute Gasteiger partial charge is 0.368 e. The molecule has 1 fully saturated rings. The Bertz CT molecular complexity index is 1370. The SMILES string of the molecule is O=C(NCCN1CCN(c2ccccc2Cl)CC1)c1ccccc1Nc1ccnc2ccc(Cl)cc12. The van der Waals surface area contributed by atoms with Gasteiger partial charge in [0.15, 0.2) is 0 Å². The Balaban J connectivity index is 1.18. The normalized spacial score (nSPS) is 14.1. The van der Waals surface area contributed by atoms with Crippen molar-refractivity contribution in [1.82, 2.24) is 15.2 Å². The van der Waals surface area contributed by atoms with E-state index in [1.54, 1.807) is 6.20 Å². The number of halogens is 2. The second-order valence-corrected chi connectivity index (χ2v) is 9.57. The molecule has 0 unspecified atom stereocenters. The summed E-state index contributed by atoms with van der Waals surface area (Å²) in [6.07, 6.45) is 1.74. The number of fused-ring (bicyclic) bond motifs is 1. The Kier molecular flexibility index (Phi) is 7.56. The minimum atomic E-state index is -0.107. The Morgan fingerprint density at radius 1 is 0.889 bits per heavy atom. The first-order chi connectivity index (χ1) is 17.6. The minimum Gasteiger partial charge on any atom is -0.368 e. The first-order valence-electron chi connectivity index (χ1n) is 12.0. The van der Waals surface area contributed by atoms with Crippen molar-refractivity contribution < 1.29 is 4.79 Å². The van der Waals surface area contributed by atoms with Crippen molar-refractivity contribution in [3.05, 3.63) is 94.6 Å². The number of pyridine rings is 1. The summed E-state index contributed by atoms with van der Waals surface area (Å²) in [7, 11) is 0. The number of hydrogen-bond acceptors (Lipinski definition) is 5. The molecule has 0 bridgehead atoms. The summed E-state index contributed by atoms with van der Waals surface area (Å²) in [4.78, 5) is 22.1. The average Bonchev–Trinajstić information content (AvgIpc) is 2.90. The number of piperazine rings is 1. The molecule has 1 aliphatic heterocycles. The molecule has 0 atom stereocenters. The standard InChI is InChI=1S/C28H27Cl2N5O/c29-20-9-10-24-22(19-20)26(11-12-31-24)33-25-7-3-1-5-21(25)28(36)32-13-14-34-15-17-35(18-16-34)27-8-4-2-6-23(27)30/h1-12,19H,13-18H2,(H,31,33)(H,32,36). The van der Waals surface area contributed by atoms with Crippen molar-refractivity contribution in [3.8, 4) is 0 Å². The number of amides is 1. The Morgan fingerprint density at radius 2 is 1.67 bits per heavy atom. The van der Waals surface area contributed by atoms with Crippen LogP contribution in [0.4, 0.5) is 17.1 Å². The van der Waals surface area contributed by atoms with Crippen LogP contribution in [0.1, 0.15) is 10.4 Å². The number of nitrogens with one attached hydrogen (secondary N) is 2. The fourth-order valence-corrected chi connectivity index (χ4v) is 4.93. The predicted molar refractivity (Wildman–Crippen MR) is 149 cm³/mol. The highest BCUT2D eigenvalue weighted by atomic mass is 35.5. The molecule has 1 aliphatic rings. The van der Waals surface area contributed by atoms with E-state index in [1.165, 1.54) is 0 Å². The van der Waals surface area contributed by atoms with Gasteiger partial charge < -0.3 is 15.5 Å². The summed E-state index contributed by atoms with van der Waals surface area (Å²) in [5.74, 6) is -0.107. The third-order valence-electron chi connectivity index (χ3n) is 6.42. The zero-order valence-electron chi connectivity index (χ0n) is 19.8. The van der Waals surface area contributed by atoms with Gasteiger partial charge in [-0.05, 0) is 48.5 Å². The number of carbonyl (C=O) groups excluding carboxylic acids is 1. The second-order valence-electron chi connectivity index (χ2n) is 8.73. The maximum Gasteiger partial charge on any atom is 0.253 e. The fraction of sp³-hybridized carbons (Fsp3) is 0.214. The van der Waals surface area contributed by atoms with Crippen LogP contribution < -0.4 is 15.5 Å². The summed E-state index contributed by atoms with van der Waals surface area (Å²) >= 11 is 12.6. The highest BCUT2D eigenvalue weighted by molar-refractivity contribution is 6.33. The quantitative estimate of drug-likeness (QED) is 0.321. The van der Waals surface area contributed by atoms with Crippen LogP contribution in [-0.2, 0) is 0 Å². The Morgan fingerprint density at radius 3 is 2.50 bits per heavy atom. The van der Waals surface area contributed by atoms with Crippen molar-refractivity contribution in [2.75, 3.05) is 49.5 Å². The molecular weight excluding hydrogens is 493 g/mol. The number of hydrogen-bond donors (Lipinski definition) is 2. The fourth-order valence-electron chi connectivity index (χ4n) is 4.51. The molecule has 3 aromatic carbocycles. The average molecular weight is 520 g/mol. The maximum absolute atomic E-state index is 13.1. The highest BCUT2D eigenvalue weighted by Gasteiger charge is 2.19. The molecule has 36 heavy (non-hydrogen) atoms. The predicted octanol–water partition coefficient (Wildman–Crippen LogP) is 5.84. The van der Waals surface area contributed by atoms with Gasteiger partial charge in [0.05, 0.1) is 27.5 Å². The van der Waals surface area contributed by atoms with E-state index < -0.39 is 0 Å². The summed E-state index contributed by atoms with van der Waals surface area (Å²) in [6, 6.07) is 22.9. The first-order valence-corrected chi connectivity index (χ1v) is 12.7. The number of anilines is 3. The molecule has 0 saturated carbocycles. The number of aromatic nitrogens is 1. The van der Waals surface area contributed by atoms with Crippen molar-refractivity contribution in [2.24, 2.45) is 0 Å². The lowest BCUT2D eigenvalue weighted by Gasteiger charge is -2.36. The van der Waals surface area contributed by atoms with Gasteiger partial charge in [-0.25, -0.2) is 0 Å². The van der Waals surface area contributed by atoms with Crippen LogP contribution in [0, 0.1) is 0 Å². The van der Waals surface area contributed by atoms with Gasteiger partial charge in [-0.1, -0.05) is 47.5 Å². The smallest absolute Gasteiger partial charge is 0.253 e. The van der Waals surface area contributed by atoms with Crippen LogP contribution in [-0.4, -0.2) is 55.1 Å². The third-order valence-corrected chi connectivity index (χ3v) is 6.98. The molecular formula is C28H27Cl2N5O. The summed E-state index contributed by atoms with van der Waals surface area (Å²) in [5, 5.41) is 8.81. The molecule has 184 valence electrons. The lowest BCUT2D eigenvalue weighted by Crippen LogP contribution is -2.48. The van der Waals surface area contributed by atoms with E-state index in [4.69, 9.17) is 23.2 Å². The van der Waals surface area contributed by atoms with Gasteiger partial charge in [0.2, 0.25) is 0 Å². The molecule has 1 amide bonds. The number of benzene rings is 3. The lowest BCUT2D eigenvalue weighted by atomic mass is 10.1. The van der Waals surface area contributed by atoms with Crippen LogP contribution in [0.15, 0.2) is 79.0 Å². The van der Waals surface area contributed by atoms with Crippen LogP contribution in [0.5, 0.6) is 0 Å². The molecule has 5 rings (SSSR count). The van der Waals surface area contributed by atoms with Crippen LogP contribution in [0.3, 0.4) is 0 Å². The van der Waals surface area contributed by atoms with Crippen LogP contribution >= 0.6 is 23.2 Å². The van der Waals surface area contributed by atoms with Gasteiger partial charge in [0.1, 0.15) is 0 Å². The van der Waals surface area contributed by atoms with Crippen molar-refractivity contribution >= 4 is 57.1 Å². The monoisotopic (exact) mass is 519 g/mol. The topological polar surface area (TPSA) is 60.5 Å². The van der Waals surface area contributed by atoms with E-state index in [9.17, 15) is 4.79 Å². The van der Waals surface area contributed by atoms with Crippen LogP contribution in [0.25, 0.3) is 10.9 Å². The number of nitrogens with zero attached hydrogens (tertiary/aromatic N) is 3. The van der Waals surface area contributed by atoms with E-state index >= 15 is 0 Å². The van der Waals surface area contributed by atoms with Gasteiger partial charge >= 0.3 is 0 Å². The molecule has 1 saturated heterocycles. The van der Waals surface area contributed by atoms with Crippen molar-refractivity contribution in [3.63, 3.8) is 0 Å². The van der Waals surface area contributed by atoms with Gasteiger partial charge in [-0.3, -0.25) is 14.7 Å². The molecule has 6 nitrogen and oxygen atoms in total. The molecule has 1 aromatic heterocycles. The highest BCUT2D eigenvalue weighted by Crippen LogP contribution is 2.29. The molecule has 2 heterocycles. The number of rotatable bonds is 7. The molecule has 8 heteroatoms. The van der Waals surface area contributed by atoms with E-state index in [1.807, 2.05) is 66.7 Å². The van der Waals surface area contributed by atoms with Crippen LogP contribution in [0.2, 0.25) is 10.0 Å². The van der Waals surface area contributed by atoms with Crippen molar-refractivity contribution in [1.29, 1.82) is 0 Å². The molecule has 0 aliphatic carbocycles. The van der Waals surface area contributed by atoms with Gasteiger partial charge in [-0.2, -0.15) is 0 Å². The Hall–Kier alpha value is -3.32.